The Labute approximate surface area is 97.4 Å². The molecule has 0 unspecified atom stereocenters. The van der Waals surface area contributed by atoms with E-state index in [9.17, 15) is 0 Å². The topological polar surface area (TPSA) is 22.1 Å². The largest absolute Gasteiger partial charge is 0.477 e. The average Bonchev–Trinajstić information content (AvgIpc) is 2.33. The van der Waals surface area contributed by atoms with Crippen LogP contribution in [0, 0.1) is 0 Å². The molecule has 2 nitrogen and oxygen atoms in total. The first-order valence-electron chi connectivity index (χ1n) is 5.43. The Morgan fingerprint density at radius 3 is 2.53 bits per heavy atom. The van der Waals surface area contributed by atoms with Crippen LogP contribution in [0.5, 0.6) is 5.88 Å². The van der Waals surface area contributed by atoms with Gasteiger partial charge in [0.25, 0.3) is 0 Å². The summed E-state index contributed by atoms with van der Waals surface area (Å²) in [4.78, 5) is 4.19. The summed E-state index contributed by atoms with van der Waals surface area (Å²) in [5.41, 5.74) is 1.25. The van der Waals surface area contributed by atoms with Gasteiger partial charge >= 0.3 is 0 Å². The van der Waals surface area contributed by atoms with Crippen LogP contribution in [0.25, 0.3) is 0 Å². The van der Waals surface area contributed by atoms with Gasteiger partial charge in [-0.25, -0.2) is 4.98 Å². The summed E-state index contributed by atoms with van der Waals surface area (Å²) >= 11 is 1.78. The van der Waals surface area contributed by atoms with Crippen molar-refractivity contribution in [2.75, 3.05) is 18.6 Å². The van der Waals surface area contributed by atoms with Gasteiger partial charge in [-0.15, -0.1) is 0 Å². The van der Waals surface area contributed by atoms with Crippen LogP contribution in [0.3, 0.4) is 0 Å². The number of aryl methyl sites for hydroxylation is 1. The standard InChI is InChI=1S/C10H15NOS.C2H6/c1-3-9-4-5-10(11-8-9)12-6-7-13-2;1-2/h4-5,8H,3,6-7H2,1-2H3;1-2H3. The second-order valence-corrected chi connectivity index (χ2v) is 3.69. The number of aromatic nitrogens is 1. The van der Waals surface area contributed by atoms with Gasteiger partial charge in [-0.3, -0.25) is 0 Å². The van der Waals surface area contributed by atoms with Crippen molar-refractivity contribution in [2.45, 2.75) is 27.2 Å². The molecule has 0 aliphatic heterocycles. The molecule has 0 atom stereocenters. The Morgan fingerprint density at radius 2 is 2.07 bits per heavy atom. The molecular weight excluding hydrogens is 206 g/mol. The Morgan fingerprint density at radius 1 is 1.33 bits per heavy atom. The lowest BCUT2D eigenvalue weighted by atomic mass is 10.2. The van der Waals surface area contributed by atoms with E-state index in [1.54, 1.807) is 11.8 Å². The second kappa shape index (κ2) is 9.84. The van der Waals surface area contributed by atoms with Crippen LogP contribution in [0.4, 0.5) is 0 Å². The third-order valence-corrected chi connectivity index (χ3v) is 2.32. The van der Waals surface area contributed by atoms with Gasteiger partial charge in [-0.1, -0.05) is 26.8 Å². The SMILES string of the molecule is CC.CCc1ccc(OCCSC)nc1. The van der Waals surface area contributed by atoms with Crippen molar-refractivity contribution in [1.29, 1.82) is 0 Å². The number of hydrogen-bond donors (Lipinski definition) is 0. The van der Waals surface area contributed by atoms with Crippen molar-refractivity contribution in [1.82, 2.24) is 4.98 Å². The van der Waals surface area contributed by atoms with E-state index >= 15 is 0 Å². The van der Waals surface area contributed by atoms with Crippen molar-refractivity contribution in [3.63, 3.8) is 0 Å². The maximum absolute atomic E-state index is 5.41. The number of nitrogens with zero attached hydrogens (tertiary/aromatic N) is 1. The lowest BCUT2D eigenvalue weighted by Gasteiger charge is -2.03. The first-order chi connectivity index (χ1) is 7.36. The molecule has 0 fully saturated rings. The molecule has 1 aromatic rings. The molecule has 15 heavy (non-hydrogen) atoms. The van der Waals surface area contributed by atoms with Gasteiger partial charge in [0.05, 0.1) is 6.61 Å². The highest BCUT2D eigenvalue weighted by Gasteiger charge is 1.94. The molecule has 3 heteroatoms. The number of thioether (sulfide) groups is 1. The van der Waals surface area contributed by atoms with Crippen LogP contribution < -0.4 is 4.74 Å². The zero-order chi connectivity index (χ0) is 11.5. The minimum Gasteiger partial charge on any atom is -0.477 e. The van der Waals surface area contributed by atoms with Gasteiger partial charge in [0, 0.05) is 18.0 Å². The highest BCUT2D eigenvalue weighted by molar-refractivity contribution is 7.98. The first kappa shape index (κ1) is 14.3. The molecule has 0 saturated heterocycles. The summed E-state index contributed by atoms with van der Waals surface area (Å²) in [5.74, 6) is 1.74. The monoisotopic (exact) mass is 227 g/mol. The van der Waals surface area contributed by atoms with Crippen molar-refractivity contribution >= 4 is 11.8 Å². The van der Waals surface area contributed by atoms with Gasteiger partial charge in [-0.05, 0) is 18.2 Å². The quantitative estimate of drug-likeness (QED) is 0.720. The third kappa shape index (κ3) is 6.39. The number of pyridine rings is 1. The molecule has 0 bridgehead atoms. The van der Waals surface area contributed by atoms with E-state index < -0.39 is 0 Å². The van der Waals surface area contributed by atoms with Crippen molar-refractivity contribution < 1.29 is 4.74 Å². The van der Waals surface area contributed by atoms with Crippen LogP contribution in [0.1, 0.15) is 26.3 Å². The Bertz CT molecular complexity index is 236. The molecule has 86 valence electrons. The van der Waals surface area contributed by atoms with Crippen LogP contribution in [0.15, 0.2) is 18.3 Å². The molecule has 1 rings (SSSR count). The van der Waals surface area contributed by atoms with E-state index in [4.69, 9.17) is 4.74 Å². The van der Waals surface area contributed by atoms with E-state index in [2.05, 4.69) is 24.2 Å². The summed E-state index contributed by atoms with van der Waals surface area (Å²) < 4.78 is 5.41. The minimum absolute atomic E-state index is 0.728. The minimum atomic E-state index is 0.728. The van der Waals surface area contributed by atoms with Crippen LogP contribution in [-0.4, -0.2) is 23.6 Å². The zero-order valence-corrected chi connectivity index (χ0v) is 10.9. The lowest BCUT2D eigenvalue weighted by molar-refractivity contribution is 0.330. The van der Waals surface area contributed by atoms with E-state index in [0.29, 0.717) is 0 Å². The average molecular weight is 227 g/mol. The first-order valence-corrected chi connectivity index (χ1v) is 6.83. The van der Waals surface area contributed by atoms with Gasteiger partial charge in [0.1, 0.15) is 0 Å². The van der Waals surface area contributed by atoms with E-state index in [1.165, 1.54) is 5.56 Å². The van der Waals surface area contributed by atoms with Crippen molar-refractivity contribution in [2.24, 2.45) is 0 Å². The Kier molecular flexibility index (Phi) is 9.38. The zero-order valence-electron chi connectivity index (χ0n) is 10.1. The molecule has 1 heterocycles. The molecule has 0 radical (unpaired) electrons. The molecule has 0 aliphatic rings. The predicted octanol–water partition coefficient (Wildman–Crippen LogP) is 3.41. The summed E-state index contributed by atoms with van der Waals surface area (Å²) in [7, 11) is 0. The maximum Gasteiger partial charge on any atom is 0.213 e. The lowest BCUT2D eigenvalue weighted by Crippen LogP contribution is -2.01. The summed E-state index contributed by atoms with van der Waals surface area (Å²) in [6, 6.07) is 3.99. The van der Waals surface area contributed by atoms with Gasteiger partial charge in [-0.2, -0.15) is 11.8 Å². The van der Waals surface area contributed by atoms with Crippen LogP contribution >= 0.6 is 11.8 Å². The van der Waals surface area contributed by atoms with E-state index in [-0.39, 0.29) is 0 Å². The molecule has 1 aromatic heterocycles. The maximum atomic E-state index is 5.41. The predicted molar refractivity (Wildman–Crippen MR) is 68.8 cm³/mol. The van der Waals surface area contributed by atoms with E-state index in [0.717, 1.165) is 24.7 Å². The Balaban J connectivity index is 0.000000921. The van der Waals surface area contributed by atoms with Crippen LogP contribution in [-0.2, 0) is 6.42 Å². The summed E-state index contributed by atoms with van der Waals surface area (Å²) in [6.45, 7) is 6.85. The highest BCUT2D eigenvalue weighted by atomic mass is 32.2. The molecule has 0 N–H and O–H groups in total. The van der Waals surface area contributed by atoms with Gasteiger partial charge in [0.15, 0.2) is 0 Å². The number of ether oxygens (including phenoxy) is 1. The molecule has 0 saturated carbocycles. The molecule has 0 aliphatic carbocycles. The molecular formula is C12H21NOS. The number of rotatable bonds is 5. The normalized spacial score (nSPS) is 9.07. The fourth-order valence-corrected chi connectivity index (χ4v) is 1.19. The summed E-state index contributed by atoms with van der Waals surface area (Å²) in [5, 5.41) is 0. The van der Waals surface area contributed by atoms with Gasteiger partial charge < -0.3 is 4.74 Å². The third-order valence-electron chi connectivity index (χ3n) is 1.74. The molecule has 0 spiro atoms. The van der Waals surface area contributed by atoms with E-state index in [1.807, 2.05) is 26.1 Å². The van der Waals surface area contributed by atoms with Crippen LogP contribution in [0.2, 0.25) is 0 Å². The van der Waals surface area contributed by atoms with Gasteiger partial charge in [0.2, 0.25) is 5.88 Å². The fraction of sp³-hybridized carbons (Fsp3) is 0.583. The second-order valence-electron chi connectivity index (χ2n) is 2.70. The fourth-order valence-electron chi connectivity index (χ4n) is 0.935. The molecule has 0 amide bonds. The molecule has 0 aromatic carbocycles. The number of hydrogen-bond acceptors (Lipinski definition) is 3. The Hall–Kier alpha value is -0.700. The van der Waals surface area contributed by atoms with Crippen molar-refractivity contribution in [3.8, 4) is 5.88 Å². The summed E-state index contributed by atoms with van der Waals surface area (Å²) in [6.07, 6.45) is 4.96. The van der Waals surface area contributed by atoms with Crippen molar-refractivity contribution in [3.05, 3.63) is 23.9 Å². The highest BCUT2D eigenvalue weighted by Crippen LogP contribution is 2.08. The smallest absolute Gasteiger partial charge is 0.213 e.